The van der Waals surface area contributed by atoms with Crippen LogP contribution in [0.4, 0.5) is 0 Å². The first-order valence-corrected chi connectivity index (χ1v) is 7.91. The van der Waals surface area contributed by atoms with E-state index in [-0.39, 0.29) is 10.9 Å². The molecule has 3 rings (SSSR count). The predicted molar refractivity (Wildman–Crippen MR) is 76.6 cm³/mol. The van der Waals surface area contributed by atoms with Gasteiger partial charge in [-0.3, -0.25) is 0 Å². The van der Waals surface area contributed by atoms with Crippen LogP contribution in [0.2, 0.25) is 0 Å². The predicted octanol–water partition coefficient (Wildman–Crippen LogP) is 1.65. The maximum absolute atomic E-state index is 12.0. The summed E-state index contributed by atoms with van der Waals surface area (Å²) in [6.45, 7) is 0. The molecule has 0 amide bonds. The van der Waals surface area contributed by atoms with E-state index in [2.05, 4.69) is 9.97 Å². The van der Waals surface area contributed by atoms with Gasteiger partial charge in [-0.15, -0.1) is 0 Å². The fraction of sp³-hybridized carbons (Fsp3) is 0.0714. The third-order valence-corrected chi connectivity index (χ3v) is 3.74. The fourth-order valence-corrected chi connectivity index (χ4v) is 2.39. The van der Waals surface area contributed by atoms with Gasteiger partial charge >= 0.3 is 5.63 Å². The third-order valence-electron chi connectivity index (χ3n) is 2.88. The largest absolute Gasteiger partial charge is 0.403 e. The Morgan fingerprint density at radius 3 is 2.52 bits per heavy atom. The molecule has 21 heavy (non-hydrogen) atoms. The van der Waals surface area contributed by atoms with Crippen LogP contribution < -0.4 is 5.63 Å². The number of rotatable bonds is 2. The second kappa shape index (κ2) is 4.78. The summed E-state index contributed by atoms with van der Waals surface area (Å²) in [5, 5.41) is 0.0893. The highest BCUT2D eigenvalue weighted by Crippen LogP contribution is 2.19. The fourth-order valence-electron chi connectivity index (χ4n) is 1.90. The molecular formula is C14H10N2O4S. The molecule has 0 bridgehead atoms. The number of fused-ring (bicyclic) bond motifs is 1. The lowest BCUT2D eigenvalue weighted by molar-refractivity contribution is 0.542. The summed E-state index contributed by atoms with van der Waals surface area (Å²) in [6, 6.07) is 10.6. The van der Waals surface area contributed by atoms with Crippen molar-refractivity contribution < 1.29 is 12.8 Å². The molecule has 0 radical (unpaired) electrons. The van der Waals surface area contributed by atoms with Crippen molar-refractivity contribution >= 4 is 20.9 Å². The van der Waals surface area contributed by atoms with Crippen molar-refractivity contribution in [3.63, 3.8) is 0 Å². The Bertz CT molecular complexity index is 979. The van der Waals surface area contributed by atoms with E-state index in [4.69, 9.17) is 4.42 Å². The third kappa shape index (κ3) is 2.55. The lowest BCUT2D eigenvalue weighted by Crippen LogP contribution is -2.07. The van der Waals surface area contributed by atoms with Crippen LogP contribution in [-0.2, 0) is 9.84 Å². The van der Waals surface area contributed by atoms with Crippen molar-refractivity contribution in [1.82, 2.24) is 9.97 Å². The summed E-state index contributed by atoms with van der Waals surface area (Å²) in [4.78, 5) is 19.6. The van der Waals surface area contributed by atoms with Crippen LogP contribution in [0.5, 0.6) is 0 Å². The van der Waals surface area contributed by atoms with E-state index in [0.29, 0.717) is 16.5 Å². The van der Waals surface area contributed by atoms with E-state index in [9.17, 15) is 13.2 Å². The maximum Gasteiger partial charge on any atom is 0.345 e. The van der Waals surface area contributed by atoms with Gasteiger partial charge in [0.1, 0.15) is 0 Å². The molecule has 0 aliphatic carbocycles. The standard InChI is InChI=1S/C14H10N2O4S/c1-21(18,19)14-15-8-10-7-11(9-5-3-2-4-6-9)13(17)20-12(10)16-14/h2-8H,1H3. The Balaban J connectivity index is 2.25. The lowest BCUT2D eigenvalue weighted by Gasteiger charge is -2.02. The van der Waals surface area contributed by atoms with Crippen molar-refractivity contribution in [1.29, 1.82) is 0 Å². The van der Waals surface area contributed by atoms with Gasteiger partial charge in [0, 0.05) is 12.5 Å². The first kappa shape index (κ1) is 13.4. The molecule has 1 aromatic carbocycles. The minimum Gasteiger partial charge on any atom is -0.403 e. The van der Waals surface area contributed by atoms with Gasteiger partial charge in [-0.25, -0.2) is 18.2 Å². The molecule has 2 heterocycles. The highest BCUT2D eigenvalue weighted by Gasteiger charge is 2.14. The quantitative estimate of drug-likeness (QED) is 0.669. The molecule has 106 valence electrons. The average molecular weight is 302 g/mol. The Hall–Kier alpha value is -2.54. The Morgan fingerprint density at radius 1 is 1.14 bits per heavy atom. The zero-order valence-corrected chi connectivity index (χ0v) is 11.8. The second-order valence-electron chi connectivity index (χ2n) is 4.50. The smallest absolute Gasteiger partial charge is 0.345 e. The monoisotopic (exact) mass is 302 g/mol. The molecule has 0 N–H and O–H groups in total. The summed E-state index contributed by atoms with van der Waals surface area (Å²) in [6.07, 6.45) is 2.32. The van der Waals surface area contributed by atoms with Crippen LogP contribution in [-0.4, -0.2) is 24.6 Å². The molecule has 3 aromatic rings. The number of aromatic nitrogens is 2. The minimum atomic E-state index is -3.55. The highest BCUT2D eigenvalue weighted by atomic mass is 32.2. The average Bonchev–Trinajstić information content (AvgIpc) is 2.46. The molecule has 6 nitrogen and oxygen atoms in total. The van der Waals surface area contributed by atoms with Gasteiger partial charge in [0.2, 0.25) is 20.7 Å². The van der Waals surface area contributed by atoms with Crippen LogP contribution in [0.3, 0.4) is 0 Å². The van der Waals surface area contributed by atoms with Gasteiger partial charge in [-0.05, 0) is 11.6 Å². The summed E-state index contributed by atoms with van der Waals surface area (Å²) in [7, 11) is -3.55. The van der Waals surface area contributed by atoms with E-state index in [1.807, 2.05) is 18.2 Å². The summed E-state index contributed by atoms with van der Waals surface area (Å²) >= 11 is 0. The summed E-state index contributed by atoms with van der Waals surface area (Å²) in [5.74, 6) is 0. The molecule has 0 atom stereocenters. The van der Waals surface area contributed by atoms with Gasteiger partial charge in [0.15, 0.2) is 0 Å². The van der Waals surface area contributed by atoms with Crippen molar-refractivity contribution in [2.24, 2.45) is 0 Å². The molecule has 0 saturated heterocycles. The van der Waals surface area contributed by atoms with Crippen LogP contribution in [0.15, 0.2) is 57.0 Å². The van der Waals surface area contributed by atoms with Gasteiger partial charge < -0.3 is 4.42 Å². The molecule has 0 fully saturated rings. The summed E-state index contributed by atoms with van der Waals surface area (Å²) < 4.78 is 27.9. The van der Waals surface area contributed by atoms with E-state index >= 15 is 0 Å². The van der Waals surface area contributed by atoms with Gasteiger partial charge in [0.05, 0.1) is 10.9 Å². The van der Waals surface area contributed by atoms with Crippen molar-refractivity contribution in [2.75, 3.05) is 6.26 Å². The van der Waals surface area contributed by atoms with E-state index in [1.54, 1.807) is 18.2 Å². The zero-order valence-electron chi connectivity index (χ0n) is 11.0. The second-order valence-corrected chi connectivity index (χ2v) is 6.41. The van der Waals surface area contributed by atoms with E-state index in [0.717, 1.165) is 6.26 Å². The van der Waals surface area contributed by atoms with Crippen LogP contribution >= 0.6 is 0 Å². The Kier molecular flexibility index (Phi) is 3.06. The lowest BCUT2D eigenvalue weighted by atomic mass is 10.1. The minimum absolute atomic E-state index is 0.0462. The number of hydrogen-bond acceptors (Lipinski definition) is 6. The van der Waals surface area contributed by atoms with Gasteiger partial charge in [-0.1, -0.05) is 30.3 Å². The molecule has 7 heteroatoms. The SMILES string of the molecule is CS(=O)(=O)c1ncc2cc(-c3ccccc3)c(=O)oc2n1. The molecule has 0 spiro atoms. The first-order valence-electron chi connectivity index (χ1n) is 6.01. The van der Waals surface area contributed by atoms with E-state index in [1.165, 1.54) is 6.20 Å². The van der Waals surface area contributed by atoms with Gasteiger partial charge in [-0.2, -0.15) is 4.98 Å². The van der Waals surface area contributed by atoms with Gasteiger partial charge in [0.25, 0.3) is 0 Å². The molecule has 0 aliphatic heterocycles. The van der Waals surface area contributed by atoms with E-state index < -0.39 is 15.5 Å². The number of hydrogen-bond donors (Lipinski definition) is 0. The van der Waals surface area contributed by atoms with Crippen LogP contribution in [0.1, 0.15) is 0 Å². The zero-order chi connectivity index (χ0) is 15.0. The summed E-state index contributed by atoms with van der Waals surface area (Å²) in [5.41, 5.74) is 0.459. The molecule has 0 saturated carbocycles. The topological polar surface area (TPSA) is 90.1 Å². The number of nitrogens with zero attached hydrogens (tertiary/aromatic N) is 2. The highest BCUT2D eigenvalue weighted by molar-refractivity contribution is 7.90. The first-order chi connectivity index (χ1) is 9.95. The van der Waals surface area contributed by atoms with Crippen LogP contribution in [0, 0.1) is 0 Å². The number of benzene rings is 1. The van der Waals surface area contributed by atoms with Crippen molar-refractivity contribution in [2.45, 2.75) is 5.16 Å². The molecule has 0 aliphatic rings. The molecule has 0 unspecified atom stereocenters. The molecular weight excluding hydrogens is 292 g/mol. The van der Waals surface area contributed by atoms with Crippen molar-refractivity contribution in [3.05, 3.63) is 53.0 Å². The maximum atomic E-state index is 12.0. The Morgan fingerprint density at radius 2 is 1.86 bits per heavy atom. The van der Waals surface area contributed by atoms with Crippen LogP contribution in [0.25, 0.3) is 22.2 Å². The Labute approximate surface area is 120 Å². The number of sulfone groups is 1. The van der Waals surface area contributed by atoms with Crippen molar-refractivity contribution in [3.8, 4) is 11.1 Å². The normalized spacial score (nSPS) is 11.7. The molecule has 2 aromatic heterocycles.